The Morgan fingerprint density at radius 2 is 1.95 bits per heavy atom. The van der Waals surface area contributed by atoms with Crippen molar-refractivity contribution in [3.63, 3.8) is 0 Å². The van der Waals surface area contributed by atoms with E-state index in [0.717, 1.165) is 18.1 Å². The number of carboxylic acid groups (broad SMARTS) is 1. The lowest BCUT2D eigenvalue weighted by Crippen LogP contribution is -2.25. The number of hydrogen-bond donors (Lipinski definition) is 2. The monoisotopic (exact) mass is 301 g/mol. The van der Waals surface area contributed by atoms with Crippen LogP contribution in [0, 0.1) is 0 Å². The Hall–Kier alpha value is -2.40. The predicted molar refractivity (Wildman–Crippen MR) is 83.5 cm³/mol. The minimum absolute atomic E-state index is 0.175. The van der Waals surface area contributed by atoms with E-state index >= 15 is 0 Å². The summed E-state index contributed by atoms with van der Waals surface area (Å²) in [6, 6.07) is 11.6. The van der Waals surface area contributed by atoms with Crippen LogP contribution in [0.2, 0.25) is 0 Å². The van der Waals surface area contributed by atoms with Gasteiger partial charge in [0.1, 0.15) is 0 Å². The highest BCUT2D eigenvalue weighted by Gasteiger charge is 2.11. The van der Waals surface area contributed by atoms with Crippen molar-refractivity contribution in [2.45, 2.75) is 6.42 Å². The standard InChI is InChI=1S/C16H15NO3S/c18-14(19)7-6-13-9-11-21-15(13)16(20)17-10-8-12-4-2-1-3-5-12/h1-7,9,11H,8,10H2,(H,17,20)(H,18,19). The fourth-order valence-corrected chi connectivity index (χ4v) is 2.64. The van der Waals surface area contributed by atoms with Crippen molar-refractivity contribution < 1.29 is 14.7 Å². The molecule has 108 valence electrons. The van der Waals surface area contributed by atoms with Gasteiger partial charge in [0.25, 0.3) is 5.91 Å². The molecule has 2 N–H and O–H groups in total. The molecule has 4 nitrogen and oxygen atoms in total. The number of amides is 1. The summed E-state index contributed by atoms with van der Waals surface area (Å²) in [4.78, 5) is 23.1. The zero-order chi connectivity index (χ0) is 15.1. The van der Waals surface area contributed by atoms with Gasteiger partial charge in [0.15, 0.2) is 0 Å². The van der Waals surface area contributed by atoms with E-state index in [2.05, 4.69) is 5.32 Å². The van der Waals surface area contributed by atoms with Crippen molar-refractivity contribution in [3.8, 4) is 0 Å². The lowest BCUT2D eigenvalue weighted by Gasteiger charge is -2.04. The van der Waals surface area contributed by atoms with Crippen LogP contribution in [0.5, 0.6) is 0 Å². The summed E-state index contributed by atoms with van der Waals surface area (Å²) in [6.07, 6.45) is 3.23. The molecule has 0 radical (unpaired) electrons. The van der Waals surface area contributed by atoms with Crippen molar-refractivity contribution in [1.29, 1.82) is 0 Å². The number of nitrogens with one attached hydrogen (secondary N) is 1. The van der Waals surface area contributed by atoms with Crippen LogP contribution in [0.25, 0.3) is 6.08 Å². The molecule has 1 heterocycles. The molecule has 1 aromatic carbocycles. The van der Waals surface area contributed by atoms with E-state index in [1.165, 1.54) is 17.4 Å². The molecule has 0 atom stereocenters. The molecule has 0 aliphatic carbocycles. The first-order valence-electron chi connectivity index (χ1n) is 6.47. The summed E-state index contributed by atoms with van der Waals surface area (Å²) in [6.45, 7) is 0.544. The SMILES string of the molecule is O=C(O)C=Cc1ccsc1C(=O)NCCc1ccccc1. The lowest BCUT2D eigenvalue weighted by atomic mass is 10.1. The number of carbonyl (C=O) groups is 2. The molecule has 0 saturated heterocycles. The molecule has 0 saturated carbocycles. The van der Waals surface area contributed by atoms with Crippen LogP contribution in [-0.4, -0.2) is 23.5 Å². The van der Waals surface area contributed by atoms with Gasteiger partial charge in [-0.15, -0.1) is 11.3 Å². The van der Waals surface area contributed by atoms with E-state index < -0.39 is 5.97 Å². The number of aliphatic carboxylic acids is 1. The van der Waals surface area contributed by atoms with E-state index in [-0.39, 0.29) is 5.91 Å². The molecule has 21 heavy (non-hydrogen) atoms. The summed E-state index contributed by atoms with van der Waals surface area (Å²) < 4.78 is 0. The van der Waals surface area contributed by atoms with Gasteiger partial charge >= 0.3 is 5.97 Å². The van der Waals surface area contributed by atoms with Gasteiger partial charge in [-0.25, -0.2) is 4.79 Å². The molecule has 0 bridgehead atoms. The number of benzene rings is 1. The smallest absolute Gasteiger partial charge is 0.328 e. The average Bonchev–Trinajstić information content (AvgIpc) is 2.94. The molecule has 0 spiro atoms. The molecule has 0 unspecified atom stereocenters. The Kier molecular flexibility index (Phi) is 5.29. The highest BCUT2D eigenvalue weighted by atomic mass is 32.1. The minimum atomic E-state index is -1.03. The zero-order valence-electron chi connectivity index (χ0n) is 11.3. The van der Waals surface area contributed by atoms with Crippen LogP contribution in [0.4, 0.5) is 0 Å². The van der Waals surface area contributed by atoms with Crippen LogP contribution >= 0.6 is 11.3 Å². The van der Waals surface area contributed by atoms with Gasteiger partial charge in [-0.1, -0.05) is 30.3 Å². The molecule has 1 aromatic heterocycles. The maximum absolute atomic E-state index is 12.1. The van der Waals surface area contributed by atoms with Crippen molar-refractivity contribution in [2.75, 3.05) is 6.54 Å². The first-order valence-corrected chi connectivity index (χ1v) is 7.35. The summed E-state index contributed by atoms with van der Waals surface area (Å²) in [5.74, 6) is -1.21. The fraction of sp³-hybridized carbons (Fsp3) is 0.125. The Labute approximate surface area is 126 Å². The molecule has 2 aromatic rings. The van der Waals surface area contributed by atoms with Gasteiger partial charge in [0.05, 0.1) is 4.88 Å². The maximum atomic E-state index is 12.1. The number of carboxylic acids is 1. The quantitative estimate of drug-likeness (QED) is 0.806. The average molecular weight is 301 g/mol. The topological polar surface area (TPSA) is 66.4 Å². The Balaban J connectivity index is 1.92. The van der Waals surface area contributed by atoms with Gasteiger partial charge in [-0.05, 0) is 35.1 Å². The van der Waals surface area contributed by atoms with E-state index in [9.17, 15) is 9.59 Å². The normalized spacial score (nSPS) is 10.7. The highest BCUT2D eigenvalue weighted by molar-refractivity contribution is 7.12. The van der Waals surface area contributed by atoms with E-state index in [0.29, 0.717) is 17.0 Å². The first kappa shape index (κ1) is 15.0. The Morgan fingerprint density at radius 3 is 2.67 bits per heavy atom. The van der Waals surface area contributed by atoms with Crippen molar-refractivity contribution in [3.05, 3.63) is 63.9 Å². The second-order valence-electron chi connectivity index (χ2n) is 4.37. The van der Waals surface area contributed by atoms with E-state index in [4.69, 9.17) is 5.11 Å². The number of hydrogen-bond acceptors (Lipinski definition) is 3. The number of carbonyl (C=O) groups excluding carboxylic acids is 1. The second-order valence-corrected chi connectivity index (χ2v) is 5.28. The molecule has 1 amide bonds. The van der Waals surface area contributed by atoms with Crippen LogP contribution in [0.3, 0.4) is 0 Å². The first-order chi connectivity index (χ1) is 10.2. The molecule has 5 heteroatoms. The zero-order valence-corrected chi connectivity index (χ0v) is 12.1. The molecular weight excluding hydrogens is 286 g/mol. The molecule has 0 fully saturated rings. The fourth-order valence-electron chi connectivity index (χ4n) is 1.84. The van der Waals surface area contributed by atoms with Gasteiger partial charge in [0, 0.05) is 12.6 Å². The van der Waals surface area contributed by atoms with Gasteiger partial charge in [-0.3, -0.25) is 4.79 Å². The maximum Gasteiger partial charge on any atom is 0.328 e. The summed E-state index contributed by atoms with van der Waals surface area (Å²) >= 11 is 1.30. The second kappa shape index (κ2) is 7.40. The summed E-state index contributed by atoms with van der Waals surface area (Å²) in [7, 11) is 0. The van der Waals surface area contributed by atoms with Gasteiger partial charge in [-0.2, -0.15) is 0 Å². The van der Waals surface area contributed by atoms with Crippen molar-refractivity contribution in [2.24, 2.45) is 0 Å². The van der Waals surface area contributed by atoms with Gasteiger partial charge in [0.2, 0.25) is 0 Å². The number of thiophene rings is 1. The summed E-state index contributed by atoms with van der Waals surface area (Å²) in [5.41, 5.74) is 1.79. The third kappa shape index (κ3) is 4.57. The van der Waals surface area contributed by atoms with Gasteiger partial charge < -0.3 is 10.4 Å². The number of rotatable bonds is 6. The van der Waals surface area contributed by atoms with E-state index in [1.807, 2.05) is 30.3 Å². The molecule has 2 rings (SSSR count). The van der Waals surface area contributed by atoms with Crippen molar-refractivity contribution in [1.82, 2.24) is 5.32 Å². The minimum Gasteiger partial charge on any atom is -0.478 e. The van der Waals surface area contributed by atoms with E-state index in [1.54, 1.807) is 11.4 Å². The van der Waals surface area contributed by atoms with Crippen LogP contribution in [0.1, 0.15) is 20.8 Å². The molecule has 0 aliphatic rings. The molecule has 0 aliphatic heterocycles. The summed E-state index contributed by atoms with van der Waals surface area (Å²) in [5, 5.41) is 13.2. The lowest BCUT2D eigenvalue weighted by molar-refractivity contribution is -0.131. The largest absolute Gasteiger partial charge is 0.478 e. The van der Waals surface area contributed by atoms with Crippen LogP contribution in [-0.2, 0) is 11.2 Å². The van der Waals surface area contributed by atoms with Crippen LogP contribution in [0.15, 0.2) is 47.9 Å². The predicted octanol–water partition coefficient (Wildman–Crippen LogP) is 2.82. The third-order valence-corrected chi connectivity index (χ3v) is 3.78. The Morgan fingerprint density at radius 1 is 1.19 bits per heavy atom. The van der Waals surface area contributed by atoms with Crippen LogP contribution < -0.4 is 5.32 Å². The molecular formula is C16H15NO3S. The highest BCUT2D eigenvalue weighted by Crippen LogP contribution is 2.18. The Bertz CT molecular complexity index is 647. The third-order valence-electron chi connectivity index (χ3n) is 2.85. The van der Waals surface area contributed by atoms with Crippen molar-refractivity contribution >= 4 is 29.3 Å².